The molecular formula is C11H18N4O5S. The lowest BCUT2D eigenvalue weighted by atomic mass is 10.2. The number of rotatable bonds is 7. The first kappa shape index (κ1) is 17.1. The molecule has 0 radical (unpaired) electrons. The lowest BCUT2D eigenvalue weighted by Gasteiger charge is -2.14. The number of hydrogen-bond donors (Lipinski definition) is 3. The number of amides is 1. The normalized spacial score (nSPS) is 13.1. The van der Waals surface area contributed by atoms with Gasteiger partial charge in [-0.2, -0.15) is 9.82 Å². The van der Waals surface area contributed by atoms with Gasteiger partial charge in [-0.1, -0.05) is 0 Å². The number of aromatic nitrogens is 2. The van der Waals surface area contributed by atoms with E-state index in [4.69, 9.17) is 10.8 Å². The molecule has 9 nitrogen and oxygen atoms in total. The first-order valence-corrected chi connectivity index (χ1v) is 7.58. The molecule has 0 aromatic carbocycles. The Bertz CT molecular complexity index is 664. The lowest BCUT2D eigenvalue weighted by molar-refractivity contribution is -0.139. The fraction of sp³-hybridized carbons (Fsp3) is 0.545. The molecule has 4 N–H and O–H groups in total. The maximum absolute atomic E-state index is 12.3. The minimum Gasteiger partial charge on any atom is -0.480 e. The zero-order chi connectivity index (χ0) is 16.4. The number of carbonyl (C=O) groups excluding carboxylic acids is 1. The van der Waals surface area contributed by atoms with Crippen LogP contribution in [-0.2, 0) is 26.7 Å². The van der Waals surface area contributed by atoms with Crippen molar-refractivity contribution in [3.05, 3.63) is 11.4 Å². The smallest absolute Gasteiger partial charge is 0.321 e. The van der Waals surface area contributed by atoms with Crippen molar-refractivity contribution in [2.75, 3.05) is 0 Å². The maximum atomic E-state index is 12.3. The van der Waals surface area contributed by atoms with Crippen molar-refractivity contribution in [1.29, 1.82) is 0 Å². The van der Waals surface area contributed by atoms with Gasteiger partial charge in [-0.25, -0.2) is 8.42 Å². The van der Waals surface area contributed by atoms with Gasteiger partial charge in [-0.15, -0.1) is 0 Å². The van der Waals surface area contributed by atoms with Crippen LogP contribution in [0.1, 0.15) is 24.2 Å². The van der Waals surface area contributed by atoms with Gasteiger partial charge in [0.05, 0.1) is 11.4 Å². The predicted octanol–water partition coefficient (Wildman–Crippen LogP) is -0.966. The van der Waals surface area contributed by atoms with Crippen molar-refractivity contribution >= 4 is 21.9 Å². The maximum Gasteiger partial charge on any atom is 0.321 e. The summed E-state index contributed by atoms with van der Waals surface area (Å²) in [5.41, 5.74) is 5.60. The second-order valence-electron chi connectivity index (χ2n) is 4.64. The van der Waals surface area contributed by atoms with E-state index in [2.05, 4.69) is 9.82 Å². The number of carboxylic acids is 1. The second-order valence-corrected chi connectivity index (χ2v) is 6.29. The van der Waals surface area contributed by atoms with Gasteiger partial charge >= 0.3 is 5.97 Å². The summed E-state index contributed by atoms with van der Waals surface area (Å²) in [7, 11) is -2.47. The molecule has 1 unspecified atom stereocenters. The van der Waals surface area contributed by atoms with E-state index in [1.807, 2.05) is 0 Å². The molecule has 1 aromatic rings. The zero-order valence-corrected chi connectivity index (χ0v) is 12.8. The molecule has 0 aliphatic carbocycles. The monoisotopic (exact) mass is 318 g/mol. The number of aliphatic carboxylic acids is 1. The molecule has 1 atom stereocenters. The molecule has 118 valence electrons. The van der Waals surface area contributed by atoms with Crippen molar-refractivity contribution in [1.82, 2.24) is 14.5 Å². The van der Waals surface area contributed by atoms with Gasteiger partial charge in [0.1, 0.15) is 10.9 Å². The van der Waals surface area contributed by atoms with E-state index >= 15 is 0 Å². The number of aryl methyl sites for hydroxylation is 2. The van der Waals surface area contributed by atoms with E-state index < -0.39 is 27.9 Å². The summed E-state index contributed by atoms with van der Waals surface area (Å²) in [6.45, 7) is 3.08. The Hall–Kier alpha value is -1.94. The van der Waals surface area contributed by atoms with Crippen LogP contribution in [-0.4, -0.2) is 41.2 Å². The molecule has 1 amide bonds. The number of carboxylic acid groups (broad SMARTS) is 1. The van der Waals surface area contributed by atoms with Crippen LogP contribution >= 0.6 is 0 Å². The van der Waals surface area contributed by atoms with Gasteiger partial charge in [0.2, 0.25) is 15.9 Å². The lowest BCUT2D eigenvalue weighted by Crippen LogP contribution is -2.41. The minimum atomic E-state index is -4.06. The molecule has 1 heterocycles. The zero-order valence-electron chi connectivity index (χ0n) is 12.0. The second kappa shape index (κ2) is 6.22. The Balaban J connectivity index is 3.06. The third-order valence-electron chi connectivity index (χ3n) is 2.99. The Kier molecular flexibility index (Phi) is 5.07. The minimum absolute atomic E-state index is 0.0599. The molecular weight excluding hydrogens is 300 g/mol. The summed E-state index contributed by atoms with van der Waals surface area (Å²) in [6, 6.07) is -1.43. The van der Waals surface area contributed by atoms with Crippen LogP contribution in [0, 0.1) is 13.8 Å². The van der Waals surface area contributed by atoms with Gasteiger partial charge in [-0.3, -0.25) is 14.3 Å². The summed E-state index contributed by atoms with van der Waals surface area (Å²) in [5, 5.41) is 13.0. The molecule has 1 aromatic heterocycles. The first-order valence-electron chi connectivity index (χ1n) is 6.10. The Morgan fingerprint density at radius 1 is 1.43 bits per heavy atom. The standard InChI is InChI=1S/C11H18N4O5S/c1-6-10(7(2)15(3)13-6)21(19,20)14-8(11(17)18)4-5-9(12)16/h8,14H,4-5H2,1-3H3,(H2,12,16)(H,17,18). The Labute approximate surface area is 122 Å². The third-order valence-corrected chi connectivity index (χ3v) is 4.71. The summed E-state index contributed by atoms with van der Waals surface area (Å²) in [5.74, 6) is -2.08. The van der Waals surface area contributed by atoms with Crippen molar-refractivity contribution in [3.8, 4) is 0 Å². The van der Waals surface area contributed by atoms with Crippen LogP contribution in [0.5, 0.6) is 0 Å². The third kappa shape index (κ3) is 4.02. The largest absolute Gasteiger partial charge is 0.480 e. The predicted molar refractivity (Wildman–Crippen MR) is 72.9 cm³/mol. The molecule has 0 spiro atoms. The van der Waals surface area contributed by atoms with Gasteiger partial charge < -0.3 is 10.8 Å². The van der Waals surface area contributed by atoms with Crippen molar-refractivity contribution in [3.63, 3.8) is 0 Å². The highest BCUT2D eigenvalue weighted by molar-refractivity contribution is 7.89. The SMILES string of the molecule is Cc1nn(C)c(C)c1S(=O)(=O)NC(CCC(N)=O)C(=O)O. The summed E-state index contributed by atoms with van der Waals surface area (Å²) in [4.78, 5) is 21.7. The molecule has 0 fully saturated rings. The van der Waals surface area contributed by atoms with Crippen LogP contribution in [0.2, 0.25) is 0 Å². The highest BCUT2D eigenvalue weighted by Gasteiger charge is 2.29. The van der Waals surface area contributed by atoms with Crippen molar-refractivity contribution < 1.29 is 23.1 Å². The van der Waals surface area contributed by atoms with E-state index in [0.717, 1.165) is 0 Å². The molecule has 0 aliphatic rings. The highest BCUT2D eigenvalue weighted by Crippen LogP contribution is 2.19. The highest BCUT2D eigenvalue weighted by atomic mass is 32.2. The number of nitrogens with one attached hydrogen (secondary N) is 1. The Morgan fingerprint density at radius 2 is 2.00 bits per heavy atom. The average Bonchev–Trinajstić information content (AvgIpc) is 2.58. The van der Waals surface area contributed by atoms with Gasteiger partial charge in [0, 0.05) is 13.5 Å². The van der Waals surface area contributed by atoms with Crippen molar-refractivity contribution in [2.45, 2.75) is 37.6 Å². The first-order chi connectivity index (χ1) is 9.56. The Morgan fingerprint density at radius 3 is 2.38 bits per heavy atom. The number of nitrogens with two attached hydrogens (primary N) is 1. The molecule has 0 saturated heterocycles. The number of nitrogens with zero attached hydrogens (tertiary/aromatic N) is 2. The molecule has 21 heavy (non-hydrogen) atoms. The van der Waals surface area contributed by atoms with Crippen LogP contribution < -0.4 is 10.5 Å². The molecule has 1 rings (SSSR count). The molecule has 0 saturated carbocycles. The van der Waals surface area contributed by atoms with Gasteiger partial charge in [0.15, 0.2) is 0 Å². The van der Waals surface area contributed by atoms with E-state index in [0.29, 0.717) is 5.69 Å². The van der Waals surface area contributed by atoms with Gasteiger partial charge in [-0.05, 0) is 20.3 Å². The van der Waals surface area contributed by atoms with E-state index in [9.17, 15) is 18.0 Å². The number of sulfonamides is 1. The average molecular weight is 318 g/mol. The molecule has 10 heteroatoms. The van der Waals surface area contributed by atoms with E-state index in [1.54, 1.807) is 14.0 Å². The van der Waals surface area contributed by atoms with Crippen molar-refractivity contribution in [2.24, 2.45) is 12.8 Å². The van der Waals surface area contributed by atoms with Crippen LogP contribution in [0.4, 0.5) is 0 Å². The summed E-state index contributed by atoms with van der Waals surface area (Å²) < 4.78 is 28.1. The number of hydrogen-bond acceptors (Lipinski definition) is 5. The van der Waals surface area contributed by atoms with Crippen LogP contribution in [0.15, 0.2) is 4.90 Å². The van der Waals surface area contributed by atoms with Crippen LogP contribution in [0.3, 0.4) is 0 Å². The fourth-order valence-corrected chi connectivity index (χ4v) is 3.57. The van der Waals surface area contributed by atoms with Gasteiger partial charge in [0.25, 0.3) is 0 Å². The van der Waals surface area contributed by atoms with E-state index in [1.165, 1.54) is 11.6 Å². The van der Waals surface area contributed by atoms with E-state index in [-0.39, 0.29) is 23.4 Å². The summed E-state index contributed by atoms with van der Waals surface area (Å²) in [6.07, 6.45) is -0.452. The molecule has 0 aliphatic heterocycles. The molecule has 0 bridgehead atoms. The summed E-state index contributed by atoms with van der Waals surface area (Å²) >= 11 is 0. The number of carbonyl (C=O) groups is 2. The van der Waals surface area contributed by atoms with Crippen LogP contribution in [0.25, 0.3) is 0 Å². The number of primary amides is 1. The topological polar surface area (TPSA) is 144 Å². The quantitative estimate of drug-likeness (QED) is 0.590. The fourth-order valence-electron chi connectivity index (χ4n) is 1.91.